The molecule has 0 saturated carbocycles. The van der Waals surface area contributed by atoms with E-state index in [2.05, 4.69) is 107 Å². The minimum absolute atomic E-state index is 0.225. The lowest BCUT2D eigenvalue weighted by Crippen LogP contribution is -2.47. The highest BCUT2D eigenvalue weighted by atomic mass is 16.1. The maximum atomic E-state index is 13.8. The predicted molar refractivity (Wildman–Crippen MR) is 154 cm³/mol. The first-order valence-corrected chi connectivity index (χ1v) is 14.1. The quantitative estimate of drug-likeness (QED) is 0.398. The third kappa shape index (κ3) is 6.14. The second-order valence-electron chi connectivity index (χ2n) is 11.0. The van der Waals surface area contributed by atoms with Crippen molar-refractivity contribution in [2.75, 3.05) is 44.2 Å². The summed E-state index contributed by atoms with van der Waals surface area (Å²) in [5.41, 5.74) is 6.00. The van der Waals surface area contributed by atoms with Gasteiger partial charge in [-0.2, -0.15) is 0 Å². The van der Waals surface area contributed by atoms with Crippen LogP contribution in [0.3, 0.4) is 0 Å². The molecule has 0 N–H and O–H groups in total. The van der Waals surface area contributed by atoms with Crippen LogP contribution in [-0.2, 0) is 6.54 Å². The van der Waals surface area contributed by atoms with Crippen LogP contribution < -0.4 is 10.3 Å². The van der Waals surface area contributed by atoms with E-state index in [0.717, 1.165) is 57.1 Å². The monoisotopic (exact) mass is 495 g/mol. The summed E-state index contributed by atoms with van der Waals surface area (Å²) in [6.07, 6.45) is 3.62. The van der Waals surface area contributed by atoms with Crippen molar-refractivity contribution < 1.29 is 0 Å². The molecule has 4 heteroatoms. The van der Waals surface area contributed by atoms with Gasteiger partial charge in [0.2, 0.25) is 5.43 Å². The SMILES string of the molecule is CC(C)c1ccc(CN2CCN(C(c3ccccc3)c3ccccc3)CC2)c(=O)c(N2CCCCC2)c1. The van der Waals surface area contributed by atoms with Gasteiger partial charge in [0.15, 0.2) is 0 Å². The Balaban J connectivity index is 1.34. The first-order chi connectivity index (χ1) is 18.1. The summed E-state index contributed by atoms with van der Waals surface area (Å²) >= 11 is 0. The lowest BCUT2D eigenvalue weighted by molar-refractivity contribution is 0.104. The van der Waals surface area contributed by atoms with Crippen molar-refractivity contribution in [2.24, 2.45) is 0 Å². The van der Waals surface area contributed by atoms with E-state index >= 15 is 0 Å². The second-order valence-corrected chi connectivity index (χ2v) is 11.0. The average Bonchev–Trinajstić information content (AvgIpc) is 3.10. The number of hydrogen-bond donors (Lipinski definition) is 0. The average molecular weight is 496 g/mol. The van der Waals surface area contributed by atoms with Crippen LogP contribution in [0.25, 0.3) is 0 Å². The number of piperidine rings is 1. The molecule has 5 rings (SSSR count). The fourth-order valence-corrected chi connectivity index (χ4v) is 5.87. The van der Waals surface area contributed by atoms with Gasteiger partial charge in [-0.25, -0.2) is 0 Å². The Bertz CT molecular complexity index is 1160. The van der Waals surface area contributed by atoms with Gasteiger partial charge in [0, 0.05) is 51.4 Å². The van der Waals surface area contributed by atoms with Gasteiger partial charge in [-0.1, -0.05) is 86.6 Å². The highest BCUT2D eigenvalue weighted by molar-refractivity contribution is 5.50. The fraction of sp³-hybridized carbons (Fsp3) is 0.424. The Hall–Kier alpha value is -2.95. The topological polar surface area (TPSA) is 26.8 Å². The fourth-order valence-electron chi connectivity index (χ4n) is 5.87. The molecule has 0 bridgehead atoms. The Morgan fingerprint density at radius 1 is 0.676 bits per heavy atom. The zero-order valence-electron chi connectivity index (χ0n) is 22.5. The first-order valence-electron chi connectivity index (χ1n) is 14.1. The first kappa shape index (κ1) is 25.7. The molecule has 0 aromatic heterocycles. The maximum absolute atomic E-state index is 13.8. The van der Waals surface area contributed by atoms with Crippen molar-refractivity contribution in [1.82, 2.24) is 9.80 Å². The summed E-state index contributed by atoms with van der Waals surface area (Å²) in [6, 6.07) is 28.4. The molecule has 2 aliphatic rings. The van der Waals surface area contributed by atoms with E-state index in [0.29, 0.717) is 5.92 Å². The van der Waals surface area contributed by atoms with Gasteiger partial charge in [-0.3, -0.25) is 14.6 Å². The van der Waals surface area contributed by atoms with Crippen LogP contribution >= 0.6 is 0 Å². The van der Waals surface area contributed by atoms with Gasteiger partial charge in [0.1, 0.15) is 0 Å². The number of benzene rings is 2. The van der Waals surface area contributed by atoms with Crippen LogP contribution in [-0.4, -0.2) is 49.1 Å². The standard InChI is InChI=1S/C33H41N3O/c1-26(2)29-16-17-30(33(37)31(24-29)35-18-10-5-11-19-35)25-34-20-22-36(23-21-34)32(27-12-6-3-7-13-27)28-14-8-4-9-15-28/h3-4,6-9,12-17,24,26,32H,5,10-11,18-23,25H2,1-2H3. The molecule has 0 atom stereocenters. The van der Waals surface area contributed by atoms with E-state index in [4.69, 9.17) is 0 Å². The molecule has 0 radical (unpaired) electrons. The lowest BCUT2D eigenvalue weighted by Gasteiger charge is -2.39. The summed E-state index contributed by atoms with van der Waals surface area (Å²) in [7, 11) is 0. The Labute approximate surface area is 222 Å². The molecular weight excluding hydrogens is 454 g/mol. The normalized spacial score (nSPS) is 17.5. The zero-order chi connectivity index (χ0) is 25.6. The van der Waals surface area contributed by atoms with E-state index < -0.39 is 0 Å². The Morgan fingerprint density at radius 3 is 1.84 bits per heavy atom. The summed E-state index contributed by atoms with van der Waals surface area (Å²) in [5, 5.41) is 0. The highest BCUT2D eigenvalue weighted by Crippen LogP contribution is 2.30. The number of rotatable bonds is 7. The maximum Gasteiger partial charge on any atom is 0.206 e. The lowest BCUT2D eigenvalue weighted by atomic mass is 9.96. The third-order valence-corrected chi connectivity index (χ3v) is 8.06. The molecule has 4 nitrogen and oxygen atoms in total. The minimum atomic E-state index is 0.225. The van der Waals surface area contributed by atoms with Gasteiger partial charge < -0.3 is 4.90 Å². The number of piperazine rings is 1. The van der Waals surface area contributed by atoms with Crippen LogP contribution in [0.2, 0.25) is 0 Å². The minimum Gasteiger partial charge on any atom is -0.368 e. The molecule has 2 heterocycles. The molecule has 2 saturated heterocycles. The van der Waals surface area contributed by atoms with Crippen LogP contribution in [0.4, 0.5) is 5.69 Å². The van der Waals surface area contributed by atoms with Crippen LogP contribution in [0.15, 0.2) is 83.7 Å². The van der Waals surface area contributed by atoms with Crippen LogP contribution in [0.1, 0.15) is 67.3 Å². The zero-order valence-corrected chi connectivity index (χ0v) is 22.5. The van der Waals surface area contributed by atoms with Crippen molar-refractivity contribution in [3.63, 3.8) is 0 Å². The highest BCUT2D eigenvalue weighted by Gasteiger charge is 2.27. The van der Waals surface area contributed by atoms with Crippen molar-refractivity contribution in [3.8, 4) is 0 Å². The van der Waals surface area contributed by atoms with Gasteiger partial charge in [0.25, 0.3) is 0 Å². The largest absolute Gasteiger partial charge is 0.368 e. The molecule has 0 aliphatic carbocycles. The molecule has 0 amide bonds. The Kier molecular flexibility index (Phi) is 8.38. The van der Waals surface area contributed by atoms with Gasteiger partial charge in [0.05, 0.1) is 11.7 Å². The van der Waals surface area contributed by atoms with E-state index in [-0.39, 0.29) is 11.5 Å². The molecular formula is C33H41N3O. The molecule has 0 unspecified atom stereocenters. The molecule has 3 aromatic rings. The molecule has 194 valence electrons. The Morgan fingerprint density at radius 2 is 1.27 bits per heavy atom. The van der Waals surface area contributed by atoms with Crippen molar-refractivity contribution in [2.45, 2.75) is 51.6 Å². The molecule has 37 heavy (non-hydrogen) atoms. The van der Waals surface area contributed by atoms with E-state index in [9.17, 15) is 4.79 Å². The summed E-state index contributed by atoms with van der Waals surface area (Å²) < 4.78 is 0. The molecule has 2 aliphatic heterocycles. The van der Waals surface area contributed by atoms with E-state index in [1.54, 1.807) is 0 Å². The number of anilines is 1. The third-order valence-electron chi connectivity index (χ3n) is 8.06. The van der Waals surface area contributed by atoms with E-state index in [1.165, 1.54) is 36.0 Å². The number of hydrogen-bond acceptors (Lipinski definition) is 4. The summed E-state index contributed by atoms with van der Waals surface area (Å²) in [4.78, 5) is 21.2. The summed E-state index contributed by atoms with van der Waals surface area (Å²) in [5.74, 6) is 0.402. The second kappa shape index (κ2) is 12.1. The predicted octanol–water partition coefficient (Wildman–Crippen LogP) is 6.07. The van der Waals surface area contributed by atoms with Gasteiger partial charge >= 0.3 is 0 Å². The molecule has 3 aromatic carbocycles. The smallest absolute Gasteiger partial charge is 0.206 e. The van der Waals surface area contributed by atoms with Crippen LogP contribution in [0.5, 0.6) is 0 Å². The van der Waals surface area contributed by atoms with Gasteiger partial charge in [-0.05, 0) is 47.9 Å². The molecule has 0 spiro atoms. The van der Waals surface area contributed by atoms with Crippen molar-refractivity contribution in [1.29, 1.82) is 0 Å². The summed E-state index contributed by atoms with van der Waals surface area (Å²) in [6.45, 7) is 11.0. The molecule has 2 fully saturated rings. The number of nitrogens with zero attached hydrogens (tertiary/aromatic N) is 3. The van der Waals surface area contributed by atoms with Crippen molar-refractivity contribution in [3.05, 3.63) is 111 Å². The van der Waals surface area contributed by atoms with E-state index in [1.807, 2.05) is 0 Å². The van der Waals surface area contributed by atoms with Crippen molar-refractivity contribution >= 4 is 5.69 Å². The van der Waals surface area contributed by atoms with Crippen LogP contribution in [0, 0.1) is 0 Å². The van der Waals surface area contributed by atoms with Gasteiger partial charge in [-0.15, -0.1) is 0 Å².